The number of sulfone groups is 1. The smallest absolute Gasteiger partial charge is 0.150 e. The van der Waals surface area contributed by atoms with E-state index in [2.05, 4.69) is 0 Å². The number of carbonyl (C=O) groups excluding carboxylic acids is 1. The van der Waals surface area contributed by atoms with E-state index in [1.165, 1.54) is 0 Å². The van der Waals surface area contributed by atoms with Crippen LogP contribution in [0.2, 0.25) is 0 Å². The molecule has 0 saturated heterocycles. The van der Waals surface area contributed by atoms with Crippen molar-refractivity contribution in [2.75, 3.05) is 18.1 Å². The van der Waals surface area contributed by atoms with Gasteiger partial charge in [-0.25, -0.2) is 8.42 Å². The van der Waals surface area contributed by atoms with Gasteiger partial charge in [0.25, 0.3) is 0 Å². The molecule has 0 aliphatic heterocycles. The van der Waals surface area contributed by atoms with E-state index in [0.717, 1.165) is 25.7 Å². The first-order valence-electron chi connectivity index (χ1n) is 6.43. The summed E-state index contributed by atoms with van der Waals surface area (Å²) >= 11 is 0. The molecule has 0 radical (unpaired) electrons. The molecule has 17 heavy (non-hydrogen) atoms. The molecule has 5 heteroatoms. The van der Waals surface area contributed by atoms with Gasteiger partial charge in [0.1, 0.15) is 15.6 Å². The van der Waals surface area contributed by atoms with E-state index < -0.39 is 9.84 Å². The highest BCUT2D eigenvalue weighted by Gasteiger charge is 2.29. The monoisotopic (exact) mass is 261 g/mol. The highest BCUT2D eigenvalue weighted by molar-refractivity contribution is 7.91. The summed E-state index contributed by atoms with van der Waals surface area (Å²) in [6.07, 6.45) is 4.25. The number of hydrogen-bond donors (Lipinski definition) is 1. The van der Waals surface area contributed by atoms with Crippen molar-refractivity contribution in [3.63, 3.8) is 0 Å². The molecule has 2 N–H and O–H groups in total. The van der Waals surface area contributed by atoms with Crippen LogP contribution in [0.4, 0.5) is 0 Å². The van der Waals surface area contributed by atoms with Gasteiger partial charge in [0.15, 0.2) is 0 Å². The summed E-state index contributed by atoms with van der Waals surface area (Å²) in [5, 5.41) is 0. The first kappa shape index (κ1) is 14.6. The summed E-state index contributed by atoms with van der Waals surface area (Å²) < 4.78 is 22.7. The van der Waals surface area contributed by atoms with Crippen molar-refractivity contribution in [2.45, 2.75) is 39.0 Å². The largest absolute Gasteiger partial charge is 0.330 e. The lowest BCUT2D eigenvalue weighted by Crippen LogP contribution is -2.33. The molecule has 0 aromatic rings. The number of rotatable bonds is 6. The number of Topliss-reactive ketones (excluding diaryl/α,β-unsaturated/α-hetero) is 1. The van der Waals surface area contributed by atoms with Crippen LogP contribution in [0.25, 0.3) is 0 Å². The zero-order chi connectivity index (χ0) is 12.9. The quantitative estimate of drug-likeness (QED) is 0.778. The average molecular weight is 261 g/mol. The molecule has 0 bridgehead atoms. The normalized spacial score (nSPS) is 25.8. The first-order chi connectivity index (χ1) is 8.00. The second-order valence-corrected chi connectivity index (χ2v) is 7.31. The van der Waals surface area contributed by atoms with Crippen LogP contribution in [0.1, 0.15) is 39.0 Å². The van der Waals surface area contributed by atoms with Gasteiger partial charge in [0.05, 0.1) is 5.75 Å². The minimum atomic E-state index is -3.03. The third kappa shape index (κ3) is 4.39. The lowest BCUT2D eigenvalue weighted by Gasteiger charge is -2.29. The molecule has 1 fully saturated rings. The molecule has 0 heterocycles. The standard InChI is InChI=1S/C12H23NO3S/c1-2-17(15,16)8-7-12(14)11-6-4-3-5-10(11)9-13/h10-11H,2-9,13H2,1H3. The molecule has 0 amide bonds. The van der Waals surface area contributed by atoms with Crippen molar-refractivity contribution in [1.29, 1.82) is 0 Å². The van der Waals surface area contributed by atoms with Gasteiger partial charge in [-0.05, 0) is 25.3 Å². The Labute approximate surface area is 104 Å². The van der Waals surface area contributed by atoms with Crippen LogP contribution < -0.4 is 5.73 Å². The lowest BCUT2D eigenvalue weighted by molar-refractivity contribution is -0.125. The Balaban J connectivity index is 2.51. The van der Waals surface area contributed by atoms with E-state index in [1.54, 1.807) is 6.92 Å². The van der Waals surface area contributed by atoms with Crippen LogP contribution in [0.15, 0.2) is 0 Å². The SMILES string of the molecule is CCS(=O)(=O)CCC(=O)C1CCCCC1CN. The van der Waals surface area contributed by atoms with Crippen LogP contribution in [-0.2, 0) is 14.6 Å². The Morgan fingerprint density at radius 2 is 1.94 bits per heavy atom. The van der Waals surface area contributed by atoms with Crippen LogP contribution in [-0.4, -0.2) is 32.3 Å². The Morgan fingerprint density at radius 1 is 1.29 bits per heavy atom. The van der Waals surface area contributed by atoms with Crippen molar-refractivity contribution >= 4 is 15.6 Å². The predicted molar refractivity (Wildman–Crippen MR) is 68.5 cm³/mol. The minimum Gasteiger partial charge on any atom is -0.330 e. The Kier molecular flexibility index (Phi) is 5.59. The highest BCUT2D eigenvalue weighted by atomic mass is 32.2. The van der Waals surface area contributed by atoms with Gasteiger partial charge in [-0.2, -0.15) is 0 Å². The molecular weight excluding hydrogens is 238 g/mol. The lowest BCUT2D eigenvalue weighted by atomic mass is 9.76. The molecule has 0 aromatic carbocycles. The molecular formula is C12H23NO3S. The molecule has 0 spiro atoms. The maximum Gasteiger partial charge on any atom is 0.150 e. The van der Waals surface area contributed by atoms with Gasteiger partial charge >= 0.3 is 0 Å². The second-order valence-electron chi connectivity index (χ2n) is 4.84. The van der Waals surface area contributed by atoms with Crippen molar-refractivity contribution in [1.82, 2.24) is 0 Å². The topological polar surface area (TPSA) is 77.2 Å². The Hall–Kier alpha value is -0.420. The Morgan fingerprint density at radius 3 is 2.53 bits per heavy atom. The van der Waals surface area contributed by atoms with E-state index in [4.69, 9.17) is 5.73 Å². The van der Waals surface area contributed by atoms with E-state index in [0.29, 0.717) is 6.54 Å². The van der Waals surface area contributed by atoms with E-state index >= 15 is 0 Å². The summed E-state index contributed by atoms with van der Waals surface area (Å²) in [5.74, 6) is 0.472. The van der Waals surface area contributed by atoms with Gasteiger partial charge < -0.3 is 5.73 Å². The molecule has 2 atom stereocenters. The molecule has 1 saturated carbocycles. The zero-order valence-corrected chi connectivity index (χ0v) is 11.3. The molecule has 1 aliphatic carbocycles. The van der Waals surface area contributed by atoms with Gasteiger partial charge in [-0.15, -0.1) is 0 Å². The summed E-state index contributed by atoms with van der Waals surface area (Å²) in [5.41, 5.74) is 5.67. The van der Waals surface area contributed by atoms with Gasteiger partial charge in [0, 0.05) is 18.1 Å². The Bertz CT molecular complexity index is 351. The van der Waals surface area contributed by atoms with Crippen LogP contribution >= 0.6 is 0 Å². The highest BCUT2D eigenvalue weighted by Crippen LogP contribution is 2.30. The molecule has 4 nitrogen and oxygen atoms in total. The van der Waals surface area contributed by atoms with Gasteiger partial charge in [-0.1, -0.05) is 19.8 Å². The van der Waals surface area contributed by atoms with Crippen LogP contribution in [0, 0.1) is 11.8 Å². The van der Waals surface area contributed by atoms with Gasteiger partial charge in [0.2, 0.25) is 0 Å². The fourth-order valence-electron chi connectivity index (χ4n) is 2.50. The second kappa shape index (κ2) is 6.50. The van der Waals surface area contributed by atoms with Crippen LogP contribution in [0.5, 0.6) is 0 Å². The van der Waals surface area contributed by atoms with Crippen LogP contribution in [0.3, 0.4) is 0 Å². The predicted octanol–water partition coefficient (Wildman–Crippen LogP) is 1.15. The number of nitrogens with two attached hydrogens (primary N) is 1. The molecule has 100 valence electrons. The van der Waals surface area contributed by atoms with Crippen molar-refractivity contribution < 1.29 is 13.2 Å². The first-order valence-corrected chi connectivity index (χ1v) is 8.25. The summed E-state index contributed by atoms with van der Waals surface area (Å²) in [6, 6.07) is 0. The maximum absolute atomic E-state index is 12.0. The number of ketones is 1. The molecule has 0 aromatic heterocycles. The molecule has 2 unspecified atom stereocenters. The maximum atomic E-state index is 12.0. The van der Waals surface area contributed by atoms with E-state index in [1.807, 2.05) is 0 Å². The van der Waals surface area contributed by atoms with Crippen molar-refractivity contribution in [2.24, 2.45) is 17.6 Å². The molecule has 1 aliphatic rings. The van der Waals surface area contributed by atoms with E-state index in [-0.39, 0.29) is 35.5 Å². The summed E-state index contributed by atoms with van der Waals surface area (Å²) in [7, 11) is -3.03. The molecule has 1 rings (SSSR count). The average Bonchev–Trinajstić information content (AvgIpc) is 2.36. The summed E-state index contributed by atoms with van der Waals surface area (Å²) in [4.78, 5) is 12.0. The third-order valence-corrected chi connectivity index (χ3v) is 5.43. The van der Waals surface area contributed by atoms with E-state index in [9.17, 15) is 13.2 Å². The fraction of sp³-hybridized carbons (Fsp3) is 0.917. The zero-order valence-electron chi connectivity index (χ0n) is 10.5. The van der Waals surface area contributed by atoms with Crippen molar-refractivity contribution in [3.8, 4) is 0 Å². The van der Waals surface area contributed by atoms with Crippen molar-refractivity contribution in [3.05, 3.63) is 0 Å². The summed E-state index contributed by atoms with van der Waals surface area (Å²) in [6.45, 7) is 2.15. The third-order valence-electron chi connectivity index (χ3n) is 3.72. The number of carbonyl (C=O) groups is 1. The minimum absolute atomic E-state index is 0.000746. The fourth-order valence-corrected chi connectivity index (χ4v) is 3.30. The van der Waals surface area contributed by atoms with Gasteiger partial charge in [-0.3, -0.25) is 4.79 Å². The number of hydrogen-bond acceptors (Lipinski definition) is 4.